The molecule has 0 bridgehead atoms. The second kappa shape index (κ2) is 6.16. The summed E-state index contributed by atoms with van der Waals surface area (Å²) in [4.78, 5) is 14.8. The Morgan fingerprint density at radius 3 is 2.74 bits per heavy atom. The summed E-state index contributed by atoms with van der Waals surface area (Å²) in [7, 11) is 3.77. The highest BCUT2D eigenvalue weighted by Crippen LogP contribution is 2.30. The third kappa shape index (κ3) is 3.01. The van der Waals surface area contributed by atoms with Crippen LogP contribution in [-0.4, -0.2) is 35.8 Å². The highest BCUT2D eigenvalue weighted by molar-refractivity contribution is 5.95. The van der Waals surface area contributed by atoms with Gasteiger partial charge in [-0.2, -0.15) is 5.10 Å². The van der Waals surface area contributed by atoms with Crippen LogP contribution < -0.4 is 10.2 Å². The number of hydrogen-bond acceptors (Lipinski definition) is 3. The van der Waals surface area contributed by atoms with E-state index in [0.29, 0.717) is 6.54 Å². The van der Waals surface area contributed by atoms with Gasteiger partial charge in [-0.25, -0.2) is 0 Å². The number of anilines is 1. The van der Waals surface area contributed by atoms with Crippen LogP contribution in [0.1, 0.15) is 22.6 Å². The number of aromatic nitrogens is 2. The minimum atomic E-state index is -0.0502. The molecule has 1 saturated heterocycles. The molecule has 0 aliphatic carbocycles. The zero-order valence-corrected chi connectivity index (χ0v) is 14.2. The number of nitrogens with zero attached hydrogens (tertiary/aromatic N) is 3. The summed E-state index contributed by atoms with van der Waals surface area (Å²) in [5, 5.41) is 7.60. The summed E-state index contributed by atoms with van der Waals surface area (Å²) in [5.74, 6) is 0.295. The predicted octanol–water partition coefficient (Wildman–Crippen LogP) is 2.00. The molecule has 23 heavy (non-hydrogen) atoms. The van der Waals surface area contributed by atoms with Crippen LogP contribution in [0, 0.1) is 19.8 Å². The maximum absolute atomic E-state index is 13.0. The number of aryl methyl sites for hydroxylation is 3. The number of benzene rings is 1. The predicted molar refractivity (Wildman–Crippen MR) is 91.6 cm³/mol. The average Bonchev–Trinajstić information content (AvgIpc) is 3.17. The fourth-order valence-electron chi connectivity index (χ4n) is 3.23. The fourth-order valence-corrected chi connectivity index (χ4v) is 3.23. The molecule has 2 heterocycles. The topological polar surface area (TPSA) is 50.2 Å². The van der Waals surface area contributed by atoms with Crippen LogP contribution in [-0.2, 0) is 11.8 Å². The standard InChI is InChI=1S/C18H24N4O/c1-12-5-6-15(7-13(12)2)22(4)18(23)17-10-19-9-16(17)14-8-20-21(3)11-14/h5-8,11,16-17,19H,9-10H2,1-4H3/t16-,17+/m1/s1. The van der Waals surface area contributed by atoms with E-state index in [4.69, 9.17) is 0 Å². The Labute approximate surface area is 137 Å². The molecule has 1 aromatic carbocycles. The van der Waals surface area contributed by atoms with E-state index in [9.17, 15) is 4.79 Å². The highest BCUT2D eigenvalue weighted by Gasteiger charge is 2.36. The Morgan fingerprint density at radius 2 is 2.09 bits per heavy atom. The maximum Gasteiger partial charge on any atom is 0.231 e. The van der Waals surface area contributed by atoms with Crippen molar-refractivity contribution in [2.45, 2.75) is 19.8 Å². The van der Waals surface area contributed by atoms with Gasteiger partial charge in [0.05, 0.1) is 12.1 Å². The molecular weight excluding hydrogens is 288 g/mol. The van der Waals surface area contributed by atoms with Crippen molar-refractivity contribution < 1.29 is 4.79 Å². The minimum Gasteiger partial charge on any atom is -0.315 e. The smallest absolute Gasteiger partial charge is 0.231 e. The first kappa shape index (κ1) is 15.7. The Hall–Kier alpha value is -2.14. The van der Waals surface area contributed by atoms with Crippen LogP contribution >= 0.6 is 0 Å². The van der Waals surface area contributed by atoms with Gasteiger partial charge in [-0.05, 0) is 42.7 Å². The van der Waals surface area contributed by atoms with Crippen LogP contribution in [0.2, 0.25) is 0 Å². The van der Waals surface area contributed by atoms with Gasteiger partial charge in [-0.3, -0.25) is 9.48 Å². The van der Waals surface area contributed by atoms with Gasteiger partial charge >= 0.3 is 0 Å². The van der Waals surface area contributed by atoms with Crippen LogP contribution in [0.15, 0.2) is 30.6 Å². The second-order valence-electron chi connectivity index (χ2n) is 6.48. The Bertz CT molecular complexity index is 722. The number of rotatable bonds is 3. The van der Waals surface area contributed by atoms with Crippen molar-refractivity contribution in [1.82, 2.24) is 15.1 Å². The van der Waals surface area contributed by atoms with Gasteiger partial charge in [0.2, 0.25) is 5.91 Å². The number of nitrogens with one attached hydrogen (secondary N) is 1. The van der Waals surface area contributed by atoms with Crippen molar-refractivity contribution in [3.8, 4) is 0 Å². The van der Waals surface area contributed by atoms with E-state index in [1.165, 1.54) is 11.1 Å². The first-order chi connectivity index (χ1) is 11.0. The largest absolute Gasteiger partial charge is 0.315 e. The van der Waals surface area contributed by atoms with Gasteiger partial charge < -0.3 is 10.2 Å². The molecule has 1 N–H and O–H groups in total. The second-order valence-corrected chi connectivity index (χ2v) is 6.48. The van der Waals surface area contributed by atoms with Crippen molar-refractivity contribution >= 4 is 11.6 Å². The van der Waals surface area contributed by atoms with Gasteiger partial charge in [0.15, 0.2) is 0 Å². The summed E-state index contributed by atoms with van der Waals surface area (Å²) >= 11 is 0. The fraction of sp³-hybridized carbons (Fsp3) is 0.444. The molecule has 0 saturated carbocycles. The molecule has 122 valence electrons. The van der Waals surface area contributed by atoms with Crippen molar-refractivity contribution in [3.05, 3.63) is 47.3 Å². The van der Waals surface area contributed by atoms with Crippen LogP contribution in [0.5, 0.6) is 0 Å². The third-order valence-corrected chi connectivity index (χ3v) is 4.89. The molecule has 2 atom stereocenters. The monoisotopic (exact) mass is 312 g/mol. The molecule has 1 amide bonds. The number of hydrogen-bond donors (Lipinski definition) is 1. The summed E-state index contributed by atoms with van der Waals surface area (Å²) in [5.41, 5.74) is 4.53. The van der Waals surface area contributed by atoms with E-state index in [1.807, 2.05) is 32.6 Å². The lowest BCUT2D eigenvalue weighted by Gasteiger charge is -2.24. The van der Waals surface area contributed by atoms with E-state index in [0.717, 1.165) is 17.8 Å². The molecule has 1 fully saturated rings. The number of amides is 1. The van der Waals surface area contributed by atoms with E-state index in [-0.39, 0.29) is 17.7 Å². The molecule has 1 aliphatic rings. The number of carbonyl (C=O) groups excluding carboxylic acids is 1. The van der Waals surface area contributed by atoms with Crippen LogP contribution in [0.3, 0.4) is 0 Å². The summed E-state index contributed by atoms with van der Waals surface area (Å²) in [6.45, 7) is 5.70. The summed E-state index contributed by atoms with van der Waals surface area (Å²) in [6.07, 6.45) is 3.88. The van der Waals surface area contributed by atoms with Crippen LogP contribution in [0.25, 0.3) is 0 Å². The third-order valence-electron chi connectivity index (χ3n) is 4.89. The van der Waals surface area contributed by atoms with Crippen molar-refractivity contribution in [2.75, 3.05) is 25.0 Å². The molecule has 0 radical (unpaired) electrons. The summed E-state index contributed by atoms with van der Waals surface area (Å²) in [6, 6.07) is 6.16. The number of carbonyl (C=O) groups is 1. The first-order valence-corrected chi connectivity index (χ1v) is 8.01. The van der Waals surface area contributed by atoms with E-state index in [2.05, 4.69) is 36.4 Å². The van der Waals surface area contributed by atoms with Gasteiger partial charge in [-0.1, -0.05) is 6.07 Å². The molecule has 0 unspecified atom stereocenters. The van der Waals surface area contributed by atoms with Crippen LogP contribution in [0.4, 0.5) is 5.69 Å². The van der Waals surface area contributed by atoms with Crippen molar-refractivity contribution in [2.24, 2.45) is 13.0 Å². The molecule has 0 spiro atoms. The zero-order chi connectivity index (χ0) is 16.6. The quantitative estimate of drug-likeness (QED) is 0.943. The van der Waals surface area contributed by atoms with E-state index in [1.54, 1.807) is 9.58 Å². The minimum absolute atomic E-state index is 0.0502. The zero-order valence-electron chi connectivity index (χ0n) is 14.2. The van der Waals surface area contributed by atoms with Gasteiger partial charge in [0.1, 0.15) is 0 Å². The summed E-state index contributed by atoms with van der Waals surface area (Å²) < 4.78 is 1.79. The van der Waals surface area contributed by atoms with Gasteiger partial charge in [0, 0.05) is 45.0 Å². The first-order valence-electron chi connectivity index (χ1n) is 8.01. The molecule has 3 rings (SSSR count). The van der Waals surface area contributed by atoms with E-state index < -0.39 is 0 Å². The molecule has 5 nitrogen and oxygen atoms in total. The molecule has 5 heteroatoms. The van der Waals surface area contributed by atoms with E-state index >= 15 is 0 Å². The lowest BCUT2D eigenvalue weighted by molar-refractivity contribution is -0.121. The Balaban J connectivity index is 1.82. The molecular formula is C18H24N4O. The van der Waals surface area contributed by atoms with Crippen molar-refractivity contribution in [3.63, 3.8) is 0 Å². The maximum atomic E-state index is 13.0. The lowest BCUT2D eigenvalue weighted by Crippen LogP contribution is -2.36. The molecule has 1 aliphatic heterocycles. The van der Waals surface area contributed by atoms with Gasteiger partial charge in [-0.15, -0.1) is 0 Å². The SMILES string of the molecule is Cc1ccc(N(C)C(=O)[C@H]2CNC[C@@H]2c2cnn(C)c2)cc1C. The Kier molecular flexibility index (Phi) is 4.22. The highest BCUT2D eigenvalue weighted by atomic mass is 16.2. The normalized spacial score (nSPS) is 20.7. The molecule has 1 aromatic heterocycles. The molecule has 2 aromatic rings. The Morgan fingerprint density at radius 1 is 1.30 bits per heavy atom. The van der Waals surface area contributed by atoms with Crippen molar-refractivity contribution in [1.29, 1.82) is 0 Å². The van der Waals surface area contributed by atoms with Gasteiger partial charge in [0.25, 0.3) is 0 Å². The average molecular weight is 312 g/mol. The lowest BCUT2D eigenvalue weighted by atomic mass is 9.89.